The lowest BCUT2D eigenvalue weighted by Gasteiger charge is -2.34. The van der Waals surface area contributed by atoms with E-state index in [9.17, 15) is 5.11 Å². The van der Waals surface area contributed by atoms with Crippen LogP contribution in [-0.2, 0) is 6.42 Å². The average Bonchev–Trinajstić information content (AvgIpc) is 2.46. The molecule has 1 aromatic carbocycles. The highest BCUT2D eigenvalue weighted by atomic mass is 16.3. The van der Waals surface area contributed by atoms with E-state index in [1.165, 1.54) is 11.3 Å². The first-order valence-electron chi connectivity index (χ1n) is 7.14. The number of aliphatic hydroxyl groups excluding tert-OH is 1. The standard InChI is InChI=1S/C17H20N2O/c1-12-9-14-5-3-4-6-16(14)19(11-12)17-8-7-15(10-18-17)13(2)20/h3-8,10,12-13,20H,9,11H2,1-2H3. The molecule has 104 valence electrons. The average molecular weight is 268 g/mol. The number of aromatic nitrogens is 1. The Kier molecular flexibility index (Phi) is 3.45. The van der Waals surface area contributed by atoms with Gasteiger partial charge in [-0.25, -0.2) is 4.98 Å². The third-order valence-electron chi connectivity index (χ3n) is 3.87. The van der Waals surface area contributed by atoms with Crippen molar-refractivity contribution in [3.63, 3.8) is 0 Å². The van der Waals surface area contributed by atoms with Crippen LogP contribution < -0.4 is 4.90 Å². The zero-order chi connectivity index (χ0) is 14.1. The molecule has 1 aliphatic rings. The van der Waals surface area contributed by atoms with Gasteiger partial charge in [0.15, 0.2) is 0 Å². The van der Waals surface area contributed by atoms with Crippen LogP contribution in [0.1, 0.15) is 31.1 Å². The first-order valence-corrected chi connectivity index (χ1v) is 7.14. The van der Waals surface area contributed by atoms with Crippen LogP contribution in [0.5, 0.6) is 0 Å². The molecule has 2 aromatic rings. The maximum absolute atomic E-state index is 9.57. The molecule has 20 heavy (non-hydrogen) atoms. The summed E-state index contributed by atoms with van der Waals surface area (Å²) in [5, 5.41) is 9.57. The van der Waals surface area contributed by atoms with Gasteiger partial charge in [-0.2, -0.15) is 0 Å². The molecule has 3 heteroatoms. The number of pyridine rings is 1. The first-order chi connectivity index (χ1) is 9.65. The molecule has 1 N–H and O–H groups in total. The van der Waals surface area contributed by atoms with E-state index in [1.807, 2.05) is 12.1 Å². The SMILES string of the molecule is CC1Cc2ccccc2N(c2ccc(C(C)O)cn2)C1. The summed E-state index contributed by atoms with van der Waals surface area (Å²) in [7, 11) is 0. The highest BCUT2D eigenvalue weighted by Crippen LogP contribution is 2.34. The zero-order valence-electron chi connectivity index (χ0n) is 12.0. The van der Waals surface area contributed by atoms with Crippen molar-refractivity contribution in [3.8, 4) is 0 Å². The van der Waals surface area contributed by atoms with Gasteiger partial charge in [0.05, 0.1) is 6.10 Å². The fourth-order valence-electron chi connectivity index (χ4n) is 2.82. The minimum atomic E-state index is -0.468. The molecule has 0 fully saturated rings. The monoisotopic (exact) mass is 268 g/mol. The van der Waals surface area contributed by atoms with Gasteiger partial charge in [-0.1, -0.05) is 31.2 Å². The summed E-state index contributed by atoms with van der Waals surface area (Å²) in [5.41, 5.74) is 3.49. The number of fused-ring (bicyclic) bond motifs is 1. The Morgan fingerprint density at radius 2 is 2.05 bits per heavy atom. The lowest BCUT2D eigenvalue weighted by molar-refractivity contribution is 0.199. The molecule has 0 spiro atoms. The van der Waals surface area contributed by atoms with E-state index in [0.29, 0.717) is 5.92 Å². The minimum absolute atomic E-state index is 0.468. The van der Waals surface area contributed by atoms with E-state index in [1.54, 1.807) is 13.1 Å². The van der Waals surface area contributed by atoms with Crippen molar-refractivity contribution in [2.45, 2.75) is 26.4 Å². The van der Waals surface area contributed by atoms with Crippen LogP contribution in [0, 0.1) is 5.92 Å². The smallest absolute Gasteiger partial charge is 0.132 e. The topological polar surface area (TPSA) is 36.4 Å². The molecule has 1 aromatic heterocycles. The number of aliphatic hydroxyl groups is 1. The fraction of sp³-hybridized carbons (Fsp3) is 0.353. The third-order valence-corrected chi connectivity index (χ3v) is 3.87. The number of nitrogens with zero attached hydrogens (tertiary/aromatic N) is 2. The van der Waals surface area contributed by atoms with Gasteiger partial charge in [0.1, 0.15) is 5.82 Å². The first kappa shape index (κ1) is 13.1. The Balaban J connectivity index is 1.97. The Morgan fingerprint density at radius 1 is 1.25 bits per heavy atom. The summed E-state index contributed by atoms with van der Waals surface area (Å²) < 4.78 is 0. The van der Waals surface area contributed by atoms with E-state index in [4.69, 9.17) is 0 Å². The van der Waals surface area contributed by atoms with Crippen LogP contribution in [0.4, 0.5) is 11.5 Å². The summed E-state index contributed by atoms with van der Waals surface area (Å²) in [5.74, 6) is 1.57. The Bertz CT molecular complexity index is 592. The second kappa shape index (κ2) is 5.25. The molecular weight excluding hydrogens is 248 g/mol. The molecule has 2 atom stereocenters. The number of rotatable bonds is 2. The highest BCUT2D eigenvalue weighted by molar-refractivity contribution is 5.65. The third kappa shape index (κ3) is 2.41. The molecule has 3 rings (SSSR count). The van der Waals surface area contributed by atoms with Gasteiger partial charge >= 0.3 is 0 Å². The molecule has 0 saturated heterocycles. The number of anilines is 2. The van der Waals surface area contributed by atoms with Crippen molar-refractivity contribution in [1.82, 2.24) is 4.98 Å². The molecule has 0 saturated carbocycles. The number of hydrogen-bond donors (Lipinski definition) is 1. The summed E-state index contributed by atoms with van der Waals surface area (Å²) in [4.78, 5) is 6.80. The van der Waals surface area contributed by atoms with E-state index >= 15 is 0 Å². The van der Waals surface area contributed by atoms with Crippen LogP contribution in [0.2, 0.25) is 0 Å². The van der Waals surface area contributed by atoms with E-state index in [2.05, 4.69) is 41.1 Å². The molecule has 0 aliphatic carbocycles. The lowest BCUT2D eigenvalue weighted by Crippen LogP contribution is -2.30. The predicted molar refractivity (Wildman–Crippen MR) is 81.2 cm³/mol. The molecule has 0 radical (unpaired) electrons. The maximum Gasteiger partial charge on any atom is 0.132 e. The fourth-order valence-corrected chi connectivity index (χ4v) is 2.82. The number of hydrogen-bond acceptors (Lipinski definition) is 3. The molecule has 3 nitrogen and oxygen atoms in total. The Hall–Kier alpha value is -1.87. The maximum atomic E-state index is 9.57. The number of benzene rings is 1. The summed E-state index contributed by atoms with van der Waals surface area (Å²) in [6.45, 7) is 5.01. The summed E-state index contributed by atoms with van der Waals surface area (Å²) >= 11 is 0. The van der Waals surface area contributed by atoms with Crippen molar-refractivity contribution in [1.29, 1.82) is 0 Å². The molecule has 2 unspecified atom stereocenters. The van der Waals surface area contributed by atoms with E-state index in [0.717, 1.165) is 24.3 Å². The Labute approximate surface area is 119 Å². The van der Waals surface area contributed by atoms with Crippen molar-refractivity contribution < 1.29 is 5.11 Å². The van der Waals surface area contributed by atoms with Gasteiger partial charge in [-0.15, -0.1) is 0 Å². The molecule has 0 amide bonds. The quantitative estimate of drug-likeness (QED) is 0.906. The minimum Gasteiger partial charge on any atom is -0.389 e. The van der Waals surface area contributed by atoms with Crippen molar-refractivity contribution in [2.24, 2.45) is 5.92 Å². The van der Waals surface area contributed by atoms with E-state index < -0.39 is 6.10 Å². The molecule has 0 bridgehead atoms. The van der Waals surface area contributed by atoms with Gasteiger partial charge in [0.25, 0.3) is 0 Å². The number of para-hydroxylation sites is 1. The van der Waals surface area contributed by atoms with Crippen LogP contribution in [0.25, 0.3) is 0 Å². The van der Waals surface area contributed by atoms with Gasteiger partial charge < -0.3 is 10.0 Å². The predicted octanol–water partition coefficient (Wildman–Crippen LogP) is 3.47. The normalized spacial score (nSPS) is 19.6. The van der Waals surface area contributed by atoms with Crippen molar-refractivity contribution >= 4 is 11.5 Å². The molecule has 1 aliphatic heterocycles. The summed E-state index contributed by atoms with van der Waals surface area (Å²) in [6.07, 6.45) is 2.42. The lowest BCUT2D eigenvalue weighted by atomic mass is 9.94. The largest absolute Gasteiger partial charge is 0.389 e. The van der Waals surface area contributed by atoms with Gasteiger partial charge in [-0.3, -0.25) is 0 Å². The molecular formula is C17H20N2O. The van der Waals surface area contributed by atoms with Crippen LogP contribution in [0.3, 0.4) is 0 Å². The zero-order valence-corrected chi connectivity index (χ0v) is 12.0. The molecule has 2 heterocycles. The van der Waals surface area contributed by atoms with Gasteiger partial charge in [-0.05, 0) is 42.5 Å². The van der Waals surface area contributed by atoms with Crippen LogP contribution in [0.15, 0.2) is 42.6 Å². The van der Waals surface area contributed by atoms with E-state index in [-0.39, 0.29) is 0 Å². The van der Waals surface area contributed by atoms with Crippen molar-refractivity contribution in [2.75, 3.05) is 11.4 Å². The van der Waals surface area contributed by atoms with Gasteiger partial charge in [0, 0.05) is 18.4 Å². The second-order valence-corrected chi connectivity index (χ2v) is 5.67. The summed E-state index contributed by atoms with van der Waals surface area (Å²) in [6, 6.07) is 12.5. The van der Waals surface area contributed by atoms with Crippen molar-refractivity contribution in [3.05, 3.63) is 53.7 Å². The van der Waals surface area contributed by atoms with Crippen LogP contribution in [-0.4, -0.2) is 16.6 Å². The Morgan fingerprint density at radius 3 is 2.75 bits per heavy atom. The highest BCUT2D eigenvalue weighted by Gasteiger charge is 2.23. The van der Waals surface area contributed by atoms with Gasteiger partial charge in [0.2, 0.25) is 0 Å². The van der Waals surface area contributed by atoms with Crippen LogP contribution >= 0.6 is 0 Å². The second-order valence-electron chi connectivity index (χ2n) is 5.67.